The number of ether oxygens (including phenoxy) is 2. The van der Waals surface area contributed by atoms with Gasteiger partial charge in [-0.15, -0.1) is 0 Å². The van der Waals surface area contributed by atoms with E-state index in [0.29, 0.717) is 25.2 Å². The zero-order valence-electron chi connectivity index (χ0n) is 11.4. The average molecular weight is 264 g/mol. The van der Waals surface area contributed by atoms with Gasteiger partial charge in [-0.2, -0.15) is 0 Å². The molecule has 0 spiro atoms. The minimum Gasteiger partial charge on any atom is -0.496 e. The topological polar surface area (TPSA) is 55.8 Å². The van der Waals surface area contributed by atoms with Crippen LogP contribution in [0.25, 0.3) is 0 Å². The molecule has 1 aliphatic carbocycles. The predicted octanol–water partition coefficient (Wildman–Crippen LogP) is 2.74. The third kappa shape index (κ3) is 2.32. The number of methoxy groups -OCH3 is 2. The Morgan fingerprint density at radius 2 is 2.00 bits per heavy atom. The van der Waals surface area contributed by atoms with Crippen LogP contribution in [0.4, 0.5) is 0 Å². The van der Waals surface area contributed by atoms with E-state index in [1.54, 1.807) is 14.2 Å². The number of rotatable bonds is 5. The molecule has 104 valence electrons. The molecule has 0 saturated heterocycles. The van der Waals surface area contributed by atoms with Gasteiger partial charge in [0.15, 0.2) is 0 Å². The fourth-order valence-corrected chi connectivity index (χ4v) is 3.05. The monoisotopic (exact) mass is 264 g/mol. The van der Waals surface area contributed by atoms with E-state index in [1.165, 1.54) is 0 Å². The molecular weight excluding hydrogens is 244 g/mol. The molecular formula is C15H20O4. The largest absolute Gasteiger partial charge is 0.496 e. The van der Waals surface area contributed by atoms with E-state index in [1.807, 2.05) is 18.2 Å². The Balaban J connectivity index is 2.54. The van der Waals surface area contributed by atoms with Gasteiger partial charge >= 0.3 is 5.97 Å². The number of hydrogen-bond donors (Lipinski definition) is 1. The van der Waals surface area contributed by atoms with Crippen LogP contribution in [0, 0.1) is 0 Å². The molecule has 0 atom stereocenters. The first-order valence-corrected chi connectivity index (χ1v) is 6.54. The van der Waals surface area contributed by atoms with Crippen LogP contribution < -0.4 is 4.74 Å². The first-order valence-electron chi connectivity index (χ1n) is 6.54. The highest BCUT2D eigenvalue weighted by Crippen LogP contribution is 2.46. The molecule has 0 bridgehead atoms. The summed E-state index contributed by atoms with van der Waals surface area (Å²) in [4.78, 5) is 11.8. The van der Waals surface area contributed by atoms with Crippen molar-refractivity contribution in [3.8, 4) is 5.75 Å². The van der Waals surface area contributed by atoms with Crippen molar-refractivity contribution in [1.29, 1.82) is 0 Å². The van der Waals surface area contributed by atoms with Crippen LogP contribution in [-0.2, 0) is 21.6 Å². The van der Waals surface area contributed by atoms with Crippen molar-refractivity contribution in [3.05, 3.63) is 29.3 Å². The summed E-state index contributed by atoms with van der Waals surface area (Å²) in [6, 6.07) is 5.67. The molecule has 1 N–H and O–H groups in total. The second-order valence-corrected chi connectivity index (χ2v) is 5.03. The number of carbonyl (C=O) groups is 1. The van der Waals surface area contributed by atoms with Gasteiger partial charge in [-0.25, -0.2) is 0 Å². The first kappa shape index (κ1) is 13.9. The Kier molecular flexibility index (Phi) is 4.10. The van der Waals surface area contributed by atoms with Crippen molar-refractivity contribution >= 4 is 5.97 Å². The van der Waals surface area contributed by atoms with E-state index >= 15 is 0 Å². The van der Waals surface area contributed by atoms with Gasteiger partial charge < -0.3 is 14.6 Å². The van der Waals surface area contributed by atoms with Crippen molar-refractivity contribution < 1.29 is 19.4 Å². The van der Waals surface area contributed by atoms with E-state index in [2.05, 4.69) is 0 Å². The second kappa shape index (κ2) is 5.61. The van der Waals surface area contributed by atoms with E-state index in [9.17, 15) is 9.90 Å². The molecule has 1 aromatic carbocycles. The molecule has 0 aliphatic heterocycles. The van der Waals surface area contributed by atoms with Gasteiger partial charge in [-0.3, -0.25) is 4.79 Å². The molecule has 4 nitrogen and oxygen atoms in total. The van der Waals surface area contributed by atoms with Crippen LogP contribution in [0.2, 0.25) is 0 Å². The summed E-state index contributed by atoms with van der Waals surface area (Å²) in [7, 11) is 3.21. The Hall–Kier alpha value is -1.55. The van der Waals surface area contributed by atoms with E-state index in [0.717, 1.165) is 24.0 Å². The second-order valence-electron chi connectivity index (χ2n) is 5.03. The van der Waals surface area contributed by atoms with Gasteiger partial charge in [0.2, 0.25) is 0 Å². The quantitative estimate of drug-likeness (QED) is 0.888. The third-order valence-electron chi connectivity index (χ3n) is 3.98. The normalized spacial score (nSPS) is 17.4. The number of para-hydroxylation sites is 1. The highest BCUT2D eigenvalue weighted by molar-refractivity contribution is 5.83. The van der Waals surface area contributed by atoms with E-state index in [-0.39, 0.29) is 0 Å². The zero-order valence-corrected chi connectivity index (χ0v) is 11.4. The number of carboxylic acids is 1. The SMILES string of the molecule is COCc1cccc(C2(C(=O)O)CCCC2)c1OC. The molecule has 1 aromatic rings. The van der Waals surface area contributed by atoms with Crippen molar-refractivity contribution in [3.63, 3.8) is 0 Å². The van der Waals surface area contributed by atoms with Crippen molar-refractivity contribution in [2.24, 2.45) is 0 Å². The van der Waals surface area contributed by atoms with Gasteiger partial charge in [0.05, 0.1) is 19.1 Å². The summed E-state index contributed by atoms with van der Waals surface area (Å²) in [5, 5.41) is 9.67. The van der Waals surface area contributed by atoms with Crippen LogP contribution in [0.1, 0.15) is 36.8 Å². The molecule has 19 heavy (non-hydrogen) atoms. The van der Waals surface area contributed by atoms with Crippen molar-refractivity contribution in [2.75, 3.05) is 14.2 Å². The lowest BCUT2D eigenvalue weighted by Gasteiger charge is -2.27. The lowest BCUT2D eigenvalue weighted by Crippen LogP contribution is -2.33. The molecule has 0 radical (unpaired) electrons. The van der Waals surface area contributed by atoms with Crippen LogP contribution in [0.15, 0.2) is 18.2 Å². The predicted molar refractivity (Wildman–Crippen MR) is 71.5 cm³/mol. The molecule has 0 aromatic heterocycles. The van der Waals surface area contributed by atoms with Gasteiger partial charge in [0.1, 0.15) is 5.75 Å². The fourth-order valence-electron chi connectivity index (χ4n) is 3.05. The minimum atomic E-state index is -0.797. The Labute approximate surface area is 113 Å². The van der Waals surface area contributed by atoms with Crippen LogP contribution in [0.3, 0.4) is 0 Å². The highest BCUT2D eigenvalue weighted by atomic mass is 16.5. The molecule has 0 unspecified atom stereocenters. The Morgan fingerprint density at radius 3 is 2.53 bits per heavy atom. The van der Waals surface area contributed by atoms with Crippen molar-refractivity contribution in [2.45, 2.75) is 37.7 Å². The van der Waals surface area contributed by atoms with Gasteiger partial charge in [0.25, 0.3) is 0 Å². The van der Waals surface area contributed by atoms with E-state index < -0.39 is 11.4 Å². The van der Waals surface area contributed by atoms with E-state index in [4.69, 9.17) is 9.47 Å². The fraction of sp³-hybridized carbons (Fsp3) is 0.533. The summed E-state index contributed by atoms with van der Waals surface area (Å²) >= 11 is 0. The summed E-state index contributed by atoms with van der Waals surface area (Å²) in [6.07, 6.45) is 3.25. The lowest BCUT2D eigenvalue weighted by atomic mass is 9.78. The number of hydrogen-bond acceptors (Lipinski definition) is 3. The van der Waals surface area contributed by atoms with Gasteiger partial charge in [-0.05, 0) is 12.8 Å². The first-order chi connectivity index (χ1) is 9.15. The maximum atomic E-state index is 11.8. The lowest BCUT2D eigenvalue weighted by molar-refractivity contribution is -0.143. The number of carboxylic acid groups (broad SMARTS) is 1. The molecule has 0 amide bonds. The molecule has 4 heteroatoms. The standard InChI is InChI=1S/C15H20O4/c1-18-10-11-6-5-7-12(13(11)19-2)15(14(16)17)8-3-4-9-15/h5-7H,3-4,8-10H2,1-2H3,(H,16,17). The number of benzene rings is 1. The molecule has 1 saturated carbocycles. The smallest absolute Gasteiger partial charge is 0.314 e. The van der Waals surface area contributed by atoms with Crippen LogP contribution in [0.5, 0.6) is 5.75 Å². The maximum Gasteiger partial charge on any atom is 0.314 e. The summed E-state index contributed by atoms with van der Waals surface area (Å²) in [6.45, 7) is 0.423. The Bertz CT molecular complexity index is 461. The molecule has 0 heterocycles. The van der Waals surface area contributed by atoms with Crippen LogP contribution in [-0.4, -0.2) is 25.3 Å². The third-order valence-corrected chi connectivity index (χ3v) is 3.98. The van der Waals surface area contributed by atoms with Gasteiger partial charge in [-0.1, -0.05) is 31.0 Å². The average Bonchev–Trinajstić information content (AvgIpc) is 2.89. The minimum absolute atomic E-state index is 0.423. The molecule has 2 rings (SSSR count). The Morgan fingerprint density at radius 1 is 1.32 bits per heavy atom. The molecule has 1 aliphatic rings. The summed E-state index contributed by atoms with van der Waals surface area (Å²) in [5.74, 6) is -0.0912. The molecule has 1 fully saturated rings. The summed E-state index contributed by atoms with van der Waals surface area (Å²) in [5.41, 5.74) is 0.888. The van der Waals surface area contributed by atoms with Crippen LogP contribution >= 0.6 is 0 Å². The van der Waals surface area contributed by atoms with Gasteiger partial charge in [0, 0.05) is 18.2 Å². The summed E-state index contributed by atoms with van der Waals surface area (Å²) < 4.78 is 10.6. The maximum absolute atomic E-state index is 11.8. The zero-order chi connectivity index (χ0) is 13.9. The number of aliphatic carboxylic acids is 1. The van der Waals surface area contributed by atoms with Crippen molar-refractivity contribution in [1.82, 2.24) is 0 Å². The highest BCUT2D eigenvalue weighted by Gasteiger charge is 2.45.